The first-order valence-electron chi connectivity index (χ1n) is 12.8. The molecule has 4 unspecified atom stereocenters. The molecular weight excluding hydrogens is 494 g/mol. The van der Waals surface area contributed by atoms with Gasteiger partial charge >= 0.3 is 11.9 Å². The van der Waals surface area contributed by atoms with Crippen molar-refractivity contribution < 1.29 is 34.2 Å². The Bertz CT molecular complexity index is 926. The van der Waals surface area contributed by atoms with Crippen LogP contribution < -0.4 is 27.4 Å². The Hall–Kier alpha value is -3.51. The van der Waals surface area contributed by atoms with Gasteiger partial charge in [0.05, 0.1) is 6.04 Å². The van der Waals surface area contributed by atoms with Gasteiger partial charge in [0, 0.05) is 6.42 Å². The van der Waals surface area contributed by atoms with Gasteiger partial charge in [-0.2, -0.15) is 0 Å². The molecule has 1 aromatic carbocycles. The fourth-order valence-corrected chi connectivity index (χ4v) is 3.78. The van der Waals surface area contributed by atoms with Crippen LogP contribution in [0, 0.1) is 5.92 Å². The van der Waals surface area contributed by atoms with E-state index >= 15 is 0 Å². The number of carbonyl (C=O) groups excluding carboxylic acids is 3. The lowest BCUT2D eigenvalue weighted by Gasteiger charge is -2.25. The molecule has 3 amide bonds. The van der Waals surface area contributed by atoms with E-state index in [2.05, 4.69) is 16.0 Å². The fraction of sp³-hybridized carbons (Fsp3) is 0.577. The van der Waals surface area contributed by atoms with Crippen molar-refractivity contribution in [2.24, 2.45) is 17.4 Å². The molecule has 0 saturated heterocycles. The Morgan fingerprint density at radius 1 is 0.816 bits per heavy atom. The average Bonchev–Trinajstić information content (AvgIpc) is 2.85. The van der Waals surface area contributed by atoms with E-state index in [1.54, 1.807) is 24.3 Å². The first kappa shape index (κ1) is 32.5. The summed E-state index contributed by atoms with van der Waals surface area (Å²) in [5.41, 5.74) is 12.4. The maximum Gasteiger partial charge on any atom is 0.326 e. The van der Waals surface area contributed by atoms with Gasteiger partial charge in [-0.05, 0) is 56.6 Å². The number of nitrogens with two attached hydrogens (primary N) is 2. The molecule has 1 rings (SSSR count). The number of unbranched alkanes of at least 4 members (excludes halogenated alkanes) is 1. The van der Waals surface area contributed by atoms with Gasteiger partial charge in [-0.1, -0.05) is 44.2 Å². The molecule has 0 aliphatic heterocycles. The normalized spacial score (nSPS) is 14.1. The van der Waals surface area contributed by atoms with Gasteiger partial charge in [-0.25, -0.2) is 4.79 Å². The molecule has 1 aromatic rings. The van der Waals surface area contributed by atoms with E-state index in [4.69, 9.17) is 16.6 Å². The molecule has 4 atom stereocenters. The highest BCUT2D eigenvalue weighted by atomic mass is 16.4. The molecule has 9 N–H and O–H groups in total. The lowest BCUT2D eigenvalue weighted by Crippen LogP contribution is -2.57. The second-order valence-corrected chi connectivity index (χ2v) is 9.66. The van der Waals surface area contributed by atoms with Crippen LogP contribution in [0.2, 0.25) is 0 Å². The summed E-state index contributed by atoms with van der Waals surface area (Å²) < 4.78 is 0. The average molecular weight is 536 g/mol. The minimum atomic E-state index is -1.27. The quantitative estimate of drug-likeness (QED) is 0.127. The van der Waals surface area contributed by atoms with Crippen molar-refractivity contribution in [1.82, 2.24) is 16.0 Å². The predicted octanol–water partition coefficient (Wildman–Crippen LogP) is 0.135. The Balaban J connectivity index is 3.00. The number of rotatable bonds is 18. The van der Waals surface area contributed by atoms with Crippen molar-refractivity contribution in [3.63, 3.8) is 0 Å². The van der Waals surface area contributed by atoms with Crippen LogP contribution in [-0.2, 0) is 30.4 Å². The van der Waals surface area contributed by atoms with Crippen LogP contribution in [0.3, 0.4) is 0 Å². The highest BCUT2D eigenvalue weighted by Gasteiger charge is 2.30. The molecule has 0 heterocycles. The third-order valence-electron chi connectivity index (χ3n) is 5.82. The Morgan fingerprint density at radius 3 is 1.89 bits per heavy atom. The number of aliphatic carboxylic acids is 2. The van der Waals surface area contributed by atoms with Crippen molar-refractivity contribution in [1.29, 1.82) is 0 Å². The number of nitrogens with one attached hydrogen (secondary N) is 3. The van der Waals surface area contributed by atoms with E-state index in [-0.39, 0.29) is 31.6 Å². The van der Waals surface area contributed by atoms with E-state index < -0.39 is 60.2 Å². The summed E-state index contributed by atoms with van der Waals surface area (Å²) in [7, 11) is 0. The minimum absolute atomic E-state index is 0.00242. The first-order valence-corrected chi connectivity index (χ1v) is 12.8. The summed E-state index contributed by atoms with van der Waals surface area (Å²) in [4.78, 5) is 61.6. The molecule has 0 fully saturated rings. The Labute approximate surface area is 222 Å². The summed E-state index contributed by atoms with van der Waals surface area (Å²) in [5.74, 6) is -4.47. The molecular formula is C26H41N5O7. The van der Waals surface area contributed by atoms with Crippen molar-refractivity contribution >= 4 is 29.7 Å². The summed E-state index contributed by atoms with van der Waals surface area (Å²) in [6, 6.07) is 4.52. The van der Waals surface area contributed by atoms with Crippen LogP contribution in [0.25, 0.3) is 0 Å². The Kier molecular flexibility index (Phi) is 14.6. The Morgan fingerprint density at radius 2 is 1.37 bits per heavy atom. The molecule has 212 valence electrons. The van der Waals surface area contributed by atoms with Gasteiger partial charge < -0.3 is 37.6 Å². The molecule has 12 nitrogen and oxygen atoms in total. The van der Waals surface area contributed by atoms with Crippen LogP contribution in [0.5, 0.6) is 0 Å². The summed E-state index contributed by atoms with van der Waals surface area (Å²) in [5, 5.41) is 26.1. The zero-order chi connectivity index (χ0) is 28.7. The number of hydrogen-bond donors (Lipinski definition) is 7. The largest absolute Gasteiger partial charge is 0.481 e. The number of carboxylic acids is 2. The zero-order valence-corrected chi connectivity index (χ0v) is 22.0. The molecule has 0 bridgehead atoms. The van der Waals surface area contributed by atoms with Gasteiger partial charge in [0.25, 0.3) is 0 Å². The van der Waals surface area contributed by atoms with Crippen LogP contribution in [-0.4, -0.2) is 70.6 Å². The van der Waals surface area contributed by atoms with Gasteiger partial charge in [0.1, 0.15) is 18.1 Å². The van der Waals surface area contributed by atoms with Gasteiger partial charge in [-0.3, -0.25) is 19.2 Å². The van der Waals surface area contributed by atoms with E-state index in [0.29, 0.717) is 19.4 Å². The zero-order valence-electron chi connectivity index (χ0n) is 22.0. The third kappa shape index (κ3) is 12.6. The minimum Gasteiger partial charge on any atom is -0.481 e. The van der Waals surface area contributed by atoms with Gasteiger partial charge in [-0.15, -0.1) is 0 Å². The number of carbonyl (C=O) groups is 5. The lowest BCUT2D eigenvalue weighted by molar-refractivity contribution is -0.142. The van der Waals surface area contributed by atoms with E-state index in [1.807, 2.05) is 19.9 Å². The van der Waals surface area contributed by atoms with E-state index in [1.165, 1.54) is 0 Å². The maximum atomic E-state index is 13.1. The third-order valence-corrected chi connectivity index (χ3v) is 5.82. The standard InChI is InChI=1S/C26H41N5O7/c1-16(2)14-21(26(37)38)31-24(35)19(10-6-7-13-27)30-25(36)20(11-12-22(32)33)29-23(34)18(28)15-17-8-4-3-5-9-17/h3-5,8-9,16,18-21H,6-7,10-15,27-28H2,1-2H3,(H,29,34)(H,30,36)(H,31,35)(H,32,33)(H,37,38). The molecule has 0 aliphatic rings. The second kappa shape index (κ2) is 17.1. The van der Waals surface area contributed by atoms with Crippen molar-refractivity contribution in [3.8, 4) is 0 Å². The van der Waals surface area contributed by atoms with Gasteiger partial charge in [0.15, 0.2) is 0 Å². The van der Waals surface area contributed by atoms with E-state index in [0.717, 1.165) is 5.56 Å². The molecule has 0 aliphatic carbocycles. The number of amides is 3. The molecule has 0 radical (unpaired) electrons. The van der Waals surface area contributed by atoms with Crippen LogP contribution in [0.15, 0.2) is 30.3 Å². The second-order valence-electron chi connectivity index (χ2n) is 9.66. The highest BCUT2D eigenvalue weighted by Crippen LogP contribution is 2.09. The number of hydrogen-bond acceptors (Lipinski definition) is 7. The number of carboxylic acid groups (broad SMARTS) is 2. The molecule has 0 spiro atoms. The lowest BCUT2D eigenvalue weighted by atomic mass is 10.0. The number of benzene rings is 1. The van der Waals surface area contributed by atoms with Crippen molar-refractivity contribution in [2.45, 2.75) is 83.0 Å². The first-order chi connectivity index (χ1) is 17.9. The maximum absolute atomic E-state index is 13.1. The van der Waals surface area contributed by atoms with Crippen molar-refractivity contribution in [3.05, 3.63) is 35.9 Å². The molecule has 12 heteroatoms. The van der Waals surface area contributed by atoms with Crippen LogP contribution in [0.1, 0.15) is 57.9 Å². The van der Waals surface area contributed by atoms with Crippen molar-refractivity contribution in [2.75, 3.05) is 6.54 Å². The topological polar surface area (TPSA) is 214 Å². The monoisotopic (exact) mass is 535 g/mol. The van der Waals surface area contributed by atoms with Gasteiger partial charge in [0.2, 0.25) is 17.7 Å². The summed E-state index contributed by atoms with van der Waals surface area (Å²) >= 11 is 0. The highest BCUT2D eigenvalue weighted by molar-refractivity contribution is 5.94. The SMILES string of the molecule is CC(C)CC(NC(=O)C(CCCCN)NC(=O)C(CCC(=O)O)NC(=O)C(N)Cc1ccccc1)C(=O)O. The molecule has 0 saturated carbocycles. The van der Waals surface area contributed by atoms with E-state index in [9.17, 15) is 29.1 Å². The smallest absolute Gasteiger partial charge is 0.326 e. The fourth-order valence-electron chi connectivity index (χ4n) is 3.78. The molecule has 38 heavy (non-hydrogen) atoms. The van der Waals surface area contributed by atoms with Crippen LogP contribution in [0.4, 0.5) is 0 Å². The molecule has 0 aromatic heterocycles. The summed E-state index contributed by atoms with van der Waals surface area (Å²) in [6.45, 7) is 4.01. The van der Waals surface area contributed by atoms with Crippen LogP contribution >= 0.6 is 0 Å². The summed E-state index contributed by atoms with van der Waals surface area (Å²) in [6.07, 6.45) is 0.985. The predicted molar refractivity (Wildman–Crippen MR) is 141 cm³/mol.